The molecular weight excluding hydrogens is 360 g/mol. The molecule has 1 aromatic heterocycles. The second kappa shape index (κ2) is 9.08. The van der Waals surface area contributed by atoms with Crippen LogP contribution in [0.1, 0.15) is 50.0 Å². The summed E-state index contributed by atoms with van der Waals surface area (Å²) >= 11 is 1.66. The van der Waals surface area contributed by atoms with Gasteiger partial charge < -0.3 is 20.1 Å². The molecule has 0 amide bonds. The largest absolute Gasteiger partial charge is 0.497 e. The maximum atomic E-state index is 5.48. The Bertz CT molecular complexity index is 781. The molecule has 2 rings (SSSR count). The van der Waals surface area contributed by atoms with Gasteiger partial charge in [-0.15, -0.1) is 11.3 Å². The van der Waals surface area contributed by atoms with Crippen molar-refractivity contribution in [1.29, 1.82) is 0 Å². The summed E-state index contributed by atoms with van der Waals surface area (Å²) in [5.41, 5.74) is 2.18. The number of methoxy groups -OCH3 is 2. The lowest BCUT2D eigenvalue weighted by atomic mass is 9.93. The van der Waals surface area contributed by atoms with E-state index in [4.69, 9.17) is 14.5 Å². The standard InChI is InChI=1S/C20H30N4O2S/c1-13(15-10-14(25-6)8-9-16(15)26-7)23-19(21-5)22-11-18-24-17(12-27-18)20(2,3)4/h8-10,12-13H,11H2,1-7H3,(H2,21,22,23). The Hall–Kier alpha value is -2.28. The van der Waals surface area contributed by atoms with E-state index in [1.807, 2.05) is 18.2 Å². The van der Waals surface area contributed by atoms with Gasteiger partial charge in [-0.2, -0.15) is 0 Å². The van der Waals surface area contributed by atoms with Gasteiger partial charge in [0, 0.05) is 23.4 Å². The molecule has 148 valence electrons. The van der Waals surface area contributed by atoms with Crippen LogP contribution in [0.2, 0.25) is 0 Å². The number of nitrogens with zero attached hydrogens (tertiary/aromatic N) is 2. The van der Waals surface area contributed by atoms with E-state index in [0.29, 0.717) is 12.5 Å². The van der Waals surface area contributed by atoms with Crippen molar-refractivity contribution in [2.75, 3.05) is 21.3 Å². The predicted molar refractivity (Wildman–Crippen MR) is 112 cm³/mol. The van der Waals surface area contributed by atoms with Gasteiger partial charge >= 0.3 is 0 Å². The molecule has 0 bridgehead atoms. The van der Waals surface area contributed by atoms with Gasteiger partial charge in [0.05, 0.1) is 32.5 Å². The fourth-order valence-electron chi connectivity index (χ4n) is 2.55. The molecular formula is C20H30N4O2S. The van der Waals surface area contributed by atoms with Crippen LogP contribution < -0.4 is 20.1 Å². The van der Waals surface area contributed by atoms with Gasteiger partial charge in [-0.1, -0.05) is 20.8 Å². The lowest BCUT2D eigenvalue weighted by Crippen LogP contribution is -2.38. The van der Waals surface area contributed by atoms with Crippen molar-refractivity contribution in [3.05, 3.63) is 39.8 Å². The number of thiazole rings is 1. The fourth-order valence-corrected chi connectivity index (χ4v) is 3.51. The highest BCUT2D eigenvalue weighted by Crippen LogP contribution is 2.29. The van der Waals surface area contributed by atoms with Crippen LogP contribution in [0.4, 0.5) is 0 Å². The third-order valence-electron chi connectivity index (χ3n) is 4.21. The van der Waals surface area contributed by atoms with Gasteiger partial charge in [-0.25, -0.2) is 4.98 Å². The number of hydrogen-bond acceptors (Lipinski definition) is 5. The van der Waals surface area contributed by atoms with Crippen LogP contribution in [-0.4, -0.2) is 32.2 Å². The van der Waals surface area contributed by atoms with Crippen LogP contribution in [0.25, 0.3) is 0 Å². The number of hydrogen-bond donors (Lipinski definition) is 2. The van der Waals surface area contributed by atoms with E-state index in [1.54, 1.807) is 32.6 Å². The third kappa shape index (κ3) is 5.60. The minimum atomic E-state index is -0.0114. The van der Waals surface area contributed by atoms with Gasteiger partial charge in [0.25, 0.3) is 0 Å². The molecule has 0 saturated heterocycles. The Morgan fingerprint density at radius 3 is 2.56 bits per heavy atom. The molecule has 6 nitrogen and oxygen atoms in total. The molecule has 2 aromatic rings. The van der Waals surface area contributed by atoms with Crippen LogP contribution in [0.15, 0.2) is 28.6 Å². The average Bonchev–Trinajstić information content (AvgIpc) is 3.13. The maximum absolute atomic E-state index is 5.48. The monoisotopic (exact) mass is 390 g/mol. The van der Waals surface area contributed by atoms with Gasteiger partial charge in [0.15, 0.2) is 5.96 Å². The Labute approximate surface area is 166 Å². The Balaban J connectivity index is 2.03. The number of nitrogens with one attached hydrogen (secondary N) is 2. The quantitative estimate of drug-likeness (QED) is 0.579. The molecule has 0 radical (unpaired) electrons. The molecule has 1 atom stereocenters. The molecule has 0 aliphatic carbocycles. The second-order valence-corrected chi connectivity index (χ2v) is 8.22. The highest BCUT2D eigenvalue weighted by molar-refractivity contribution is 7.09. The minimum absolute atomic E-state index is 0.0114. The zero-order chi connectivity index (χ0) is 20.0. The highest BCUT2D eigenvalue weighted by Gasteiger charge is 2.18. The maximum Gasteiger partial charge on any atom is 0.191 e. The Morgan fingerprint density at radius 1 is 1.26 bits per heavy atom. The lowest BCUT2D eigenvalue weighted by Gasteiger charge is -2.20. The molecule has 1 heterocycles. The summed E-state index contributed by atoms with van der Waals surface area (Å²) in [5.74, 6) is 2.31. The first-order valence-electron chi connectivity index (χ1n) is 8.92. The molecule has 0 aliphatic rings. The molecule has 0 saturated carbocycles. The predicted octanol–water partition coefficient (Wildman–Crippen LogP) is 3.88. The highest BCUT2D eigenvalue weighted by atomic mass is 32.1. The summed E-state index contributed by atoms with van der Waals surface area (Å²) < 4.78 is 10.8. The van der Waals surface area contributed by atoms with Crippen molar-refractivity contribution in [3.63, 3.8) is 0 Å². The Morgan fingerprint density at radius 2 is 2.00 bits per heavy atom. The molecule has 0 aliphatic heterocycles. The van der Waals surface area contributed by atoms with E-state index in [-0.39, 0.29) is 11.5 Å². The number of ether oxygens (including phenoxy) is 2. The number of aliphatic imine (C=N–C) groups is 1. The Kier molecular flexibility index (Phi) is 7.07. The summed E-state index contributed by atoms with van der Waals surface area (Å²) in [6, 6.07) is 5.76. The van der Waals surface area contributed by atoms with Crippen LogP contribution >= 0.6 is 11.3 Å². The summed E-state index contributed by atoms with van der Waals surface area (Å²) in [6.45, 7) is 9.20. The SMILES string of the molecule is CN=C(NCc1nc(C(C)(C)C)cs1)NC(C)c1cc(OC)ccc1OC. The van der Waals surface area contributed by atoms with Gasteiger partial charge in [0.2, 0.25) is 0 Å². The van der Waals surface area contributed by atoms with E-state index in [1.165, 1.54) is 0 Å². The molecule has 2 N–H and O–H groups in total. The van der Waals surface area contributed by atoms with Gasteiger partial charge in [-0.05, 0) is 25.1 Å². The lowest BCUT2D eigenvalue weighted by molar-refractivity contribution is 0.394. The molecule has 1 unspecified atom stereocenters. The average molecular weight is 391 g/mol. The van der Waals surface area contributed by atoms with Crippen molar-refractivity contribution in [1.82, 2.24) is 15.6 Å². The van der Waals surface area contributed by atoms with Crippen molar-refractivity contribution in [2.45, 2.75) is 45.7 Å². The summed E-state index contributed by atoms with van der Waals surface area (Å²) in [6.07, 6.45) is 0. The second-order valence-electron chi connectivity index (χ2n) is 7.28. The van der Waals surface area contributed by atoms with E-state index < -0.39 is 0 Å². The first kappa shape index (κ1) is 21.0. The first-order chi connectivity index (χ1) is 12.8. The van der Waals surface area contributed by atoms with E-state index in [2.05, 4.69) is 48.7 Å². The number of benzene rings is 1. The normalized spacial score (nSPS) is 13.2. The zero-order valence-electron chi connectivity index (χ0n) is 17.2. The van der Waals surface area contributed by atoms with Crippen molar-refractivity contribution in [3.8, 4) is 11.5 Å². The van der Waals surface area contributed by atoms with Gasteiger partial charge in [0.1, 0.15) is 16.5 Å². The topological polar surface area (TPSA) is 67.8 Å². The fraction of sp³-hybridized carbons (Fsp3) is 0.500. The molecule has 1 aromatic carbocycles. The number of guanidine groups is 1. The molecule has 7 heteroatoms. The summed E-state index contributed by atoms with van der Waals surface area (Å²) in [5, 5.41) is 9.89. The molecule has 0 spiro atoms. The van der Waals surface area contributed by atoms with Crippen molar-refractivity contribution < 1.29 is 9.47 Å². The minimum Gasteiger partial charge on any atom is -0.497 e. The van der Waals surface area contributed by atoms with Crippen molar-refractivity contribution >= 4 is 17.3 Å². The van der Waals surface area contributed by atoms with Crippen LogP contribution in [0.5, 0.6) is 11.5 Å². The van der Waals surface area contributed by atoms with Crippen LogP contribution in [0, 0.1) is 0 Å². The molecule has 0 fully saturated rings. The number of aromatic nitrogens is 1. The van der Waals surface area contributed by atoms with Crippen LogP contribution in [0.3, 0.4) is 0 Å². The smallest absolute Gasteiger partial charge is 0.191 e. The molecule has 27 heavy (non-hydrogen) atoms. The first-order valence-corrected chi connectivity index (χ1v) is 9.80. The van der Waals surface area contributed by atoms with E-state index in [0.717, 1.165) is 27.8 Å². The zero-order valence-corrected chi connectivity index (χ0v) is 18.0. The number of rotatable bonds is 6. The third-order valence-corrected chi connectivity index (χ3v) is 5.06. The van der Waals surface area contributed by atoms with E-state index >= 15 is 0 Å². The summed E-state index contributed by atoms with van der Waals surface area (Å²) in [4.78, 5) is 9.03. The van der Waals surface area contributed by atoms with Gasteiger partial charge in [-0.3, -0.25) is 4.99 Å². The van der Waals surface area contributed by atoms with E-state index in [9.17, 15) is 0 Å². The van der Waals surface area contributed by atoms with Crippen LogP contribution in [-0.2, 0) is 12.0 Å². The summed E-state index contributed by atoms with van der Waals surface area (Å²) in [7, 11) is 5.08. The van der Waals surface area contributed by atoms with Crippen molar-refractivity contribution in [2.24, 2.45) is 4.99 Å².